The number of carbonyl (C=O) groups is 1. The van der Waals surface area contributed by atoms with Gasteiger partial charge in [0.2, 0.25) is 0 Å². The number of aryl methyl sites for hydroxylation is 1. The number of nitrogens with one attached hydrogen (secondary N) is 1. The van der Waals surface area contributed by atoms with Crippen molar-refractivity contribution in [3.8, 4) is 0 Å². The summed E-state index contributed by atoms with van der Waals surface area (Å²) in [6.45, 7) is 4.28. The number of carbonyl (C=O) groups excluding carboxylic acids is 1. The zero-order valence-corrected chi connectivity index (χ0v) is 14.7. The first kappa shape index (κ1) is 17.2. The Bertz CT molecular complexity index is 956. The Balaban J connectivity index is 2.09. The number of hydrogen-bond acceptors (Lipinski definition) is 4. The molecule has 0 fully saturated rings. The molecule has 0 aliphatic heterocycles. The monoisotopic (exact) mass is 341 g/mol. The number of benzene rings is 1. The fourth-order valence-electron chi connectivity index (χ4n) is 3.06. The van der Waals surface area contributed by atoms with Crippen molar-refractivity contribution in [1.29, 1.82) is 0 Å². The summed E-state index contributed by atoms with van der Waals surface area (Å²) >= 11 is 0. The third kappa shape index (κ3) is 3.43. The summed E-state index contributed by atoms with van der Waals surface area (Å²) in [5, 5.41) is 0. The molecule has 3 aromatic rings. The van der Waals surface area contributed by atoms with Crippen molar-refractivity contribution < 1.29 is 9.53 Å². The van der Waals surface area contributed by atoms with E-state index in [0.717, 1.165) is 30.6 Å². The molecule has 0 saturated heterocycles. The minimum atomic E-state index is -0.367. The third-order valence-corrected chi connectivity index (χ3v) is 4.32. The van der Waals surface area contributed by atoms with E-state index in [1.807, 2.05) is 4.40 Å². The molecule has 0 saturated carbocycles. The number of hydrogen-bond donors (Lipinski definition) is 1. The minimum Gasteiger partial charge on any atom is -0.462 e. The number of rotatable bonds is 7. The first-order valence-electron chi connectivity index (χ1n) is 8.85. The van der Waals surface area contributed by atoms with Crippen molar-refractivity contribution in [1.82, 2.24) is 14.4 Å². The summed E-state index contributed by atoms with van der Waals surface area (Å²) in [4.78, 5) is 31.6. The third-order valence-electron chi connectivity index (χ3n) is 4.32. The van der Waals surface area contributed by atoms with Gasteiger partial charge in [-0.25, -0.2) is 9.78 Å². The van der Waals surface area contributed by atoms with E-state index in [-0.39, 0.29) is 11.5 Å². The van der Waals surface area contributed by atoms with Crippen LogP contribution in [0.25, 0.3) is 16.6 Å². The fraction of sp³-hybridized carbons (Fsp3) is 0.421. The van der Waals surface area contributed by atoms with E-state index >= 15 is 0 Å². The van der Waals surface area contributed by atoms with Crippen molar-refractivity contribution in [3.63, 3.8) is 0 Å². The second kappa shape index (κ2) is 7.51. The number of fused-ring (bicyclic) bond motifs is 3. The van der Waals surface area contributed by atoms with Gasteiger partial charge in [-0.05, 0) is 31.5 Å². The highest BCUT2D eigenvalue weighted by Crippen LogP contribution is 2.18. The smallest absolute Gasteiger partial charge is 0.338 e. The number of imidazole rings is 1. The molecule has 0 amide bonds. The number of nitrogens with zero attached hydrogens (tertiary/aromatic N) is 2. The maximum absolute atomic E-state index is 12.3. The summed E-state index contributed by atoms with van der Waals surface area (Å²) in [5.74, 6) is 0.483. The van der Waals surface area contributed by atoms with Crippen LogP contribution in [0.3, 0.4) is 0 Å². The van der Waals surface area contributed by atoms with Crippen molar-refractivity contribution >= 4 is 22.5 Å². The lowest BCUT2D eigenvalue weighted by Crippen LogP contribution is -2.12. The number of unbranched alkanes of at least 4 members (excludes halogenated alkanes) is 3. The van der Waals surface area contributed by atoms with Gasteiger partial charge in [0.1, 0.15) is 11.3 Å². The van der Waals surface area contributed by atoms with Gasteiger partial charge < -0.3 is 9.72 Å². The second-order valence-corrected chi connectivity index (χ2v) is 6.11. The van der Waals surface area contributed by atoms with E-state index in [4.69, 9.17) is 4.74 Å². The average Bonchev–Trinajstić information content (AvgIpc) is 3.04. The van der Waals surface area contributed by atoms with Crippen LogP contribution in [-0.2, 0) is 11.2 Å². The van der Waals surface area contributed by atoms with Gasteiger partial charge in [-0.1, -0.05) is 26.2 Å². The van der Waals surface area contributed by atoms with Gasteiger partial charge in [-0.2, -0.15) is 0 Å². The molecule has 0 aliphatic rings. The first-order chi connectivity index (χ1) is 12.2. The summed E-state index contributed by atoms with van der Waals surface area (Å²) in [6, 6.07) is 5.16. The summed E-state index contributed by atoms with van der Waals surface area (Å²) < 4.78 is 6.94. The molecule has 3 rings (SSSR count). The van der Waals surface area contributed by atoms with Crippen LogP contribution in [0, 0.1) is 0 Å². The van der Waals surface area contributed by atoms with Gasteiger partial charge in [0.05, 0.1) is 29.4 Å². The average molecular weight is 341 g/mol. The normalized spacial score (nSPS) is 11.3. The first-order valence-corrected chi connectivity index (χ1v) is 8.85. The van der Waals surface area contributed by atoms with E-state index in [0.29, 0.717) is 23.2 Å². The van der Waals surface area contributed by atoms with Crippen molar-refractivity contribution in [2.45, 2.75) is 46.0 Å². The Hall–Kier alpha value is -2.63. The molecule has 0 radical (unpaired) electrons. The molecule has 2 heterocycles. The number of aromatic amines is 1. The molecule has 0 spiro atoms. The summed E-state index contributed by atoms with van der Waals surface area (Å²) in [7, 11) is 0. The Morgan fingerprint density at radius 1 is 1.20 bits per heavy atom. The van der Waals surface area contributed by atoms with Gasteiger partial charge in [0.25, 0.3) is 5.56 Å². The Morgan fingerprint density at radius 2 is 2.04 bits per heavy atom. The van der Waals surface area contributed by atoms with Crippen molar-refractivity contribution in [2.75, 3.05) is 6.61 Å². The molecule has 6 heteroatoms. The molecule has 0 unspecified atom stereocenters. The summed E-state index contributed by atoms with van der Waals surface area (Å²) in [6.07, 6.45) is 6.94. The van der Waals surface area contributed by atoms with Gasteiger partial charge >= 0.3 is 5.97 Å². The van der Waals surface area contributed by atoms with E-state index in [1.54, 1.807) is 31.3 Å². The topological polar surface area (TPSA) is 76.5 Å². The standard InChI is InChI=1S/C19H23N3O3/c1-3-5-6-7-8-17-20-12-16-18(23)21-14-10-9-13(19(24)25-4-2)11-15(14)22(16)17/h9-12H,3-8H2,1-2H3,(H,21,23). The van der Waals surface area contributed by atoms with Crippen LogP contribution < -0.4 is 5.56 Å². The van der Waals surface area contributed by atoms with Gasteiger partial charge in [-0.3, -0.25) is 9.20 Å². The molecule has 0 aliphatic carbocycles. The lowest BCUT2D eigenvalue weighted by Gasteiger charge is -2.08. The lowest BCUT2D eigenvalue weighted by molar-refractivity contribution is 0.0526. The van der Waals surface area contributed by atoms with E-state index in [1.165, 1.54) is 12.8 Å². The maximum atomic E-state index is 12.3. The van der Waals surface area contributed by atoms with Crippen molar-refractivity contribution in [2.24, 2.45) is 0 Å². The largest absolute Gasteiger partial charge is 0.462 e. The van der Waals surface area contributed by atoms with Crippen LogP contribution in [0.4, 0.5) is 0 Å². The van der Waals surface area contributed by atoms with Crippen LogP contribution in [0.5, 0.6) is 0 Å². The Morgan fingerprint density at radius 3 is 2.80 bits per heavy atom. The van der Waals surface area contributed by atoms with E-state index in [9.17, 15) is 9.59 Å². The summed E-state index contributed by atoms with van der Waals surface area (Å²) in [5.41, 5.74) is 2.23. The van der Waals surface area contributed by atoms with E-state index < -0.39 is 0 Å². The number of ether oxygens (including phenoxy) is 1. The molecule has 1 N–H and O–H groups in total. The second-order valence-electron chi connectivity index (χ2n) is 6.11. The molecular weight excluding hydrogens is 318 g/mol. The molecular formula is C19H23N3O3. The highest BCUT2D eigenvalue weighted by Gasteiger charge is 2.14. The van der Waals surface area contributed by atoms with Crippen LogP contribution in [0.15, 0.2) is 29.2 Å². The van der Waals surface area contributed by atoms with Crippen molar-refractivity contribution in [3.05, 3.63) is 46.1 Å². The highest BCUT2D eigenvalue weighted by atomic mass is 16.5. The van der Waals surface area contributed by atoms with Gasteiger partial charge in [0.15, 0.2) is 0 Å². The molecule has 1 aromatic carbocycles. The number of aromatic nitrogens is 3. The lowest BCUT2D eigenvalue weighted by atomic mass is 10.1. The maximum Gasteiger partial charge on any atom is 0.338 e. The number of H-pyrrole nitrogens is 1. The predicted molar refractivity (Wildman–Crippen MR) is 97.1 cm³/mol. The van der Waals surface area contributed by atoms with Crippen LogP contribution in [0.1, 0.15) is 55.7 Å². The quantitative estimate of drug-likeness (QED) is 0.527. The van der Waals surface area contributed by atoms with Gasteiger partial charge in [-0.15, -0.1) is 0 Å². The van der Waals surface area contributed by atoms with Gasteiger partial charge in [0, 0.05) is 6.42 Å². The molecule has 0 bridgehead atoms. The van der Waals surface area contributed by atoms with Crippen LogP contribution in [-0.4, -0.2) is 26.9 Å². The van der Waals surface area contributed by atoms with Crippen LogP contribution in [0.2, 0.25) is 0 Å². The zero-order valence-electron chi connectivity index (χ0n) is 14.7. The number of esters is 1. The molecule has 6 nitrogen and oxygen atoms in total. The van der Waals surface area contributed by atoms with Crippen LogP contribution >= 0.6 is 0 Å². The Labute approximate surface area is 145 Å². The molecule has 25 heavy (non-hydrogen) atoms. The minimum absolute atomic E-state index is 0.177. The highest BCUT2D eigenvalue weighted by molar-refractivity contribution is 5.94. The molecule has 132 valence electrons. The molecule has 2 aromatic heterocycles. The van der Waals surface area contributed by atoms with E-state index in [2.05, 4.69) is 16.9 Å². The SMILES string of the molecule is CCCCCCc1ncc2c(=O)[nH]c3ccc(C(=O)OCC)cc3n12. The Kier molecular flexibility index (Phi) is 5.16. The zero-order chi connectivity index (χ0) is 17.8. The predicted octanol–water partition coefficient (Wildman–Crippen LogP) is 3.48. The fourth-order valence-corrected chi connectivity index (χ4v) is 3.06. The molecule has 0 atom stereocenters.